The molecule has 26 heavy (non-hydrogen) atoms. The first-order valence-electron chi connectivity index (χ1n) is 8.79. The van der Waals surface area contributed by atoms with Gasteiger partial charge in [-0.05, 0) is 43.4 Å². The molecule has 2 N–H and O–H groups in total. The van der Waals surface area contributed by atoms with Crippen molar-refractivity contribution in [2.75, 3.05) is 13.1 Å². The van der Waals surface area contributed by atoms with Crippen LogP contribution in [0.1, 0.15) is 49.0 Å². The second-order valence-electron chi connectivity index (χ2n) is 6.98. The van der Waals surface area contributed by atoms with Crippen LogP contribution in [0.4, 0.5) is 0 Å². The number of carbonyl (C=O) groups is 2. The largest absolute Gasteiger partial charge is 0.480 e. The van der Waals surface area contributed by atoms with Crippen molar-refractivity contribution in [2.24, 2.45) is 5.92 Å². The van der Waals surface area contributed by atoms with Crippen LogP contribution in [-0.2, 0) is 14.8 Å². The lowest BCUT2D eigenvalue weighted by Crippen LogP contribution is -2.44. The van der Waals surface area contributed by atoms with Crippen LogP contribution < -0.4 is 5.32 Å². The molecule has 1 amide bonds. The molecule has 7 nitrogen and oxygen atoms in total. The molecule has 1 atom stereocenters. The van der Waals surface area contributed by atoms with Crippen molar-refractivity contribution >= 4 is 21.9 Å². The third kappa shape index (κ3) is 4.42. The van der Waals surface area contributed by atoms with E-state index in [1.165, 1.54) is 16.4 Å². The molecular formula is C18H26N2O5S. The summed E-state index contributed by atoms with van der Waals surface area (Å²) in [7, 11) is -3.67. The van der Waals surface area contributed by atoms with Crippen LogP contribution >= 0.6 is 0 Å². The number of nitrogens with one attached hydrogen (secondary N) is 1. The molecule has 1 aromatic carbocycles. The highest BCUT2D eigenvalue weighted by Crippen LogP contribution is 2.24. The Hall–Kier alpha value is -1.93. The molecule has 0 aliphatic carbocycles. The summed E-state index contributed by atoms with van der Waals surface area (Å²) < 4.78 is 27.3. The van der Waals surface area contributed by atoms with Crippen LogP contribution in [0.25, 0.3) is 0 Å². The van der Waals surface area contributed by atoms with Crippen molar-refractivity contribution in [2.45, 2.75) is 51.0 Å². The van der Waals surface area contributed by atoms with Gasteiger partial charge in [-0.15, -0.1) is 0 Å². The predicted octanol–water partition coefficient (Wildman–Crippen LogP) is 2.01. The molecular weight excluding hydrogens is 356 g/mol. The van der Waals surface area contributed by atoms with Crippen LogP contribution in [0.5, 0.6) is 0 Å². The van der Waals surface area contributed by atoms with Crippen LogP contribution in [0.3, 0.4) is 0 Å². The number of carbonyl (C=O) groups excluding carboxylic acids is 1. The van der Waals surface area contributed by atoms with E-state index in [1.54, 1.807) is 26.8 Å². The summed E-state index contributed by atoms with van der Waals surface area (Å²) in [5, 5.41) is 11.7. The number of nitrogens with zero attached hydrogens (tertiary/aromatic N) is 1. The Kier molecular flexibility index (Phi) is 6.41. The minimum Gasteiger partial charge on any atom is -0.480 e. The maximum Gasteiger partial charge on any atom is 0.326 e. The summed E-state index contributed by atoms with van der Waals surface area (Å²) in [5.74, 6) is -2.01. The van der Waals surface area contributed by atoms with Crippen molar-refractivity contribution < 1.29 is 23.1 Å². The highest BCUT2D eigenvalue weighted by Gasteiger charge is 2.29. The first kappa shape index (κ1) is 20.4. The average molecular weight is 382 g/mol. The fourth-order valence-electron chi connectivity index (χ4n) is 3.00. The van der Waals surface area contributed by atoms with E-state index in [9.17, 15) is 23.1 Å². The monoisotopic (exact) mass is 382 g/mol. The number of benzene rings is 1. The van der Waals surface area contributed by atoms with Gasteiger partial charge in [0.15, 0.2) is 0 Å². The summed E-state index contributed by atoms with van der Waals surface area (Å²) in [6.07, 6.45) is 2.67. The number of sulfonamides is 1. The second-order valence-corrected chi connectivity index (χ2v) is 8.88. The second kappa shape index (κ2) is 8.18. The highest BCUT2D eigenvalue weighted by molar-refractivity contribution is 7.89. The normalized spacial score (nSPS) is 17.1. The fraction of sp³-hybridized carbons (Fsp3) is 0.556. The van der Waals surface area contributed by atoms with E-state index >= 15 is 0 Å². The average Bonchev–Trinajstić information content (AvgIpc) is 2.59. The van der Waals surface area contributed by atoms with Crippen LogP contribution in [0.15, 0.2) is 23.1 Å². The Morgan fingerprint density at radius 1 is 1.15 bits per heavy atom. The zero-order valence-electron chi connectivity index (χ0n) is 15.4. The standard InChI is InChI=1S/C18H26N2O5S/c1-12(2)16(18(22)23)19-17(21)14-8-7-13(3)15(11-14)26(24,25)20-9-5-4-6-10-20/h7-8,11-12,16H,4-6,9-10H2,1-3H3,(H,19,21)(H,22,23)/t16-/m1/s1. The molecule has 0 saturated carbocycles. The lowest BCUT2D eigenvalue weighted by atomic mass is 10.0. The van der Waals surface area contributed by atoms with Gasteiger partial charge in [-0.3, -0.25) is 4.79 Å². The summed E-state index contributed by atoms with van der Waals surface area (Å²) in [4.78, 5) is 23.8. The van der Waals surface area contributed by atoms with E-state index in [0.717, 1.165) is 19.3 Å². The molecule has 1 fully saturated rings. The molecule has 1 aliphatic heterocycles. The summed E-state index contributed by atoms with van der Waals surface area (Å²) >= 11 is 0. The maximum atomic E-state index is 12.9. The van der Waals surface area contributed by atoms with Crippen molar-refractivity contribution in [3.8, 4) is 0 Å². The molecule has 2 rings (SSSR count). The molecule has 0 aromatic heterocycles. The first-order chi connectivity index (χ1) is 12.1. The van der Waals surface area contributed by atoms with Gasteiger partial charge in [0, 0.05) is 18.7 Å². The highest BCUT2D eigenvalue weighted by atomic mass is 32.2. The number of aliphatic carboxylic acids is 1. The van der Waals surface area contributed by atoms with E-state index in [1.807, 2.05) is 0 Å². The van der Waals surface area contributed by atoms with Crippen LogP contribution in [0.2, 0.25) is 0 Å². The Bertz CT molecular complexity index is 783. The molecule has 1 aromatic rings. The molecule has 1 saturated heterocycles. The van der Waals surface area contributed by atoms with E-state index in [2.05, 4.69) is 5.32 Å². The zero-order chi connectivity index (χ0) is 19.5. The summed E-state index contributed by atoms with van der Waals surface area (Å²) in [6.45, 7) is 6.03. The van der Waals surface area contributed by atoms with Crippen molar-refractivity contribution in [3.63, 3.8) is 0 Å². The van der Waals surface area contributed by atoms with Crippen molar-refractivity contribution in [1.29, 1.82) is 0 Å². The molecule has 8 heteroatoms. The lowest BCUT2D eigenvalue weighted by Gasteiger charge is -2.26. The number of hydrogen-bond donors (Lipinski definition) is 2. The Labute approximate surface area is 154 Å². The third-order valence-electron chi connectivity index (χ3n) is 4.60. The van der Waals surface area contributed by atoms with Gasteiger partial charge in [0.1, 0.15) is 6.04 Å². The number of amides is 1. The SMILES string of the molecule is Cc1ccc(C(=O)N[C@@H](C(=O)O)C(C)C)cc1S(=O)(=O)N1CCCCC1. The smallest absolute Gasteiger partial charge is 0.326 e. The van der Waals surface area contributed by atoms with Gasteiger partial charge >= 0.3 is 5.97 Å². The maximum absolute atomic E-state index is 12.9. The van der Waals surface area contributed by atoms with E-state index in [4.69, 9.17) is 0 Å². The Balaban J connectivity index is 2.31. The minimum atomic E-state index is -3.67. The van der Waals surface area contributed by atoms with Crippen molar-refractivity contribution in [3.05, 3.63) is 29.3 Å². The van der Waals surface area contributed by atoms with E-state index < -0.39 is 27.9 Å². The topological polar surface area (TPSA) is 104 Å². The van der Waals surface area contributed by atoms with Gasteiger partial charge in [-0.25, -0.2) is 13.2 Å². The number of carboxylic acids is 1. The molecule has 0 bridgehead atoms. The van der Waals surface area contributed by atoms with Gasteiger partial charge in [-0.2, -0.15) is 4.31 Å². The van der Waals surface area contributed by atoms with Gasteiger partial charge in [-0.1, -0.05) is 26.3 Å². The third-order valence-corrected chi connectivity index (χ3v) is 6.64. The fourth-order valence-corrected chi connectivity index (χ4v) is 4.77. The predicted molar refractivity (Wildman–Crippen MR) is 97.5 cm³/mol. The molecule has 1 heterocycles. The number of hydrogen-bond acceptors (Lipinski definition) is 4. The van der Waals surface area contributed by atoms with Crippen LogP contribution in [-0.4, -0.2) is 48.8 Å². The number of carboxylic acid groups (broad SMARTS) is 1. The molecule has 0 spiro atoms. The zero-order valence-corrected chi connectivity index (χ0v) is 16.2. The Morgan fingerprint density at radius 3 is 2.31 bits per heavy atom. The van der Waals surface area contributed by atoms with Gasteiger partial charge in [0.25, 0.3) is 5.91 Å². The first-order valence-corrected chi connectivity index (χ1v) is 10.2. The molecule has 144 valence electrons. The van der Waals surface area contributed by atoms with Gasteiger partial charge in [0.05, 0.1) is 4.90 Å². The van der Waals surface area contributed by atoms with Crippen molar-refractivity contribution in [1.82, 2.24) is 9.62 Å². The van der Waals surface area contributed by atoms with E-state index in [-0.39, 0.29) is 16.4 Å². The number of aryl methyl sites for hydroxylation is 1. The lowest BCUT2D eigenvalue weighted by molar-refractivity contribution is -0.140. The summed E-state index contributed by atoms with van der Waals surface area (Å²) in [5.41, 5.74) is 0.698. The van der Waals surface area contributed by atoms with Crippen LogP contribution in [0, 0.1) is 12.8 Å². The number of rotatable bonds is 6. The number of piperidine rings is 1. The van der Waals surface area contributed by atoms with Gasteiger partial charge in [0.2, 0.25) is 10.0 Å². The summed E-state index contributed by atoms with van der Waals surface area (Å²) in [6, 6.07) is 3.40. The Morgan fingerprint density at radius 2 is 1.77 bits per heavy atom. The minimum absolute atomic E-state index is 0.100. The van der Waals surface area contributed by atoms with Gasteiger partial charge < -0.3 is 10.4 Å². The molecule has 1 aliphatic rings. The molecule has 0 unspecified atom stereocenters. The quantitative estimate of drug-likeness (QED) is 0.783. The van der Waals surface area contributed by atoms with E-state index in [0.29, 0.717) is 18.7 Å². The molecule has 0 radical (unpaired) electrons.